The van der Waals surface area contributed by atoms with Gasteiger partial charge in [0.1, 0.15) is 5.78 Å². The average molecular weight is 222 g/mol. The Morgan fingerprint density at radius 1 is 1.50 bits per heavy atom. The Morgan fingerprint density at radius 2 is 2.19 bits per heavy atom. The first-order valence-corrected chi connectivity index (χ1v) is 5.47. The van der Waals surface area contributed by atoms with Crippen molar-refractivity contribution in [3.63, 3.8) is 0 Å². The molecule has 0 saturated heterocycles. The zero-order valence-electron chi connectivity index (χ0n) is 9.99. The number of ether oxygens (including phenoxy) is 1. The molecule has 3 heteroatoms. The fourth-order valence-corrected chi connectivity index (χ4v) is 1.66. The van der Waals surface area contributed by atoms with Gasteiger partial charge in [-0.1, -0.05) is 19.9 Å². The predicted octanol–water partition coefficient (Wildman–Crippen LogP) is 2.56. The van der Waals surface area contributed by atoms with Crippen molar-refractivity contribution in [1.29, 1.82) is 0 Å². The maximum atomic E-state index is 11.5. The molecule has 16 heavy (non-hydrogen) atoms. The molecule has 0 spiro atoms. The number of hydrogen-bond donors (Lipinski definition) is 1. The maximum Gasteiger partial charge on any atom is 0.160 e. The Morgan fingerprint density at radius 3 is 2.75 bits per heavy atom. The second kappa shape index (κ2) is 5.54. The summed E-state index contributed by atoms with van der Waals surface area (Å²) in [4.78, 5) is 11.5. The van der Waals surface area contributed by atoms with Crippen LogP contribution in [0.3, 0.4) is 0 Å². The van der Waals surface area contributed by atoms with E-state index in [-0.39, 0.29) is 17.5 Å². The fraction of sp³-hybridized carbons (Fsp3) is 0.462. The van der Waals surface area contributed by atoms with Crippen LogP contribution in [0.1, 0.15) is 25.8 Å². The van der Waals surface area contributed by atoms with Crippen molar-refractivity contribution >= 4 is 5.78 Å². The summed E-state index contributed by atoms with van der Waals surface area (Å²) in [6.45, 7) is 3.79. The van der Waals surface area contributed by atoms with Gasteiger partial charge in [-0.05, 0) is 24.1 Å². The first kappa shape index (κ1) is 12.6. The second-order valence-electron chi connectivity index (χ2n) is 3.93. The van der Waals surface area contributed by atoms with Crippen LogP contribution in [0.4, 0.5) is 0 Å². The highest BCUT2D eigenvalue weighted by Crippen LogP contribution is 2.27. The minimum Gasteiger partial charge on any atom is -0.504 e. The lowest BCUT2D eigenvalue weighted by molar-refractivity contribution is -0.122. The van der Waals surface area contributed by atoms with E-state index in [1.807, 2.05) is 19.9 Å². The van der Waals surface area contributed by atoms with E-state index in [0.717, 1.165) is 5.56 Å². The molecular formula is C13H18O3. The molecule has 0 aromatic heterocycles. The number of carbonyl (C=O) groups excluding carboxylic acids is 1. The zero-order valence-corrected chi connectivity index (χ0v) is 9.99. The third kappa shape index (κ3) is 2.99. The van der Waals surface area contributed by atoms with Crippen LogP contribution in [-0.4, -0.2) is 18.0 Å². The molecule has 0 heterocycles. The number of carbonyl (C=O) groups is 1. The lowest BCUT2D eigenvalue weighted by Gasteiger charge is -2.10. The standard InChI is InChI=1S/C13H18O3/c1-4-11(14)9(2)7-10-5-6-12(15)13(8-10)16-3/h5-6,8-9,15H,4,7H2,1-3H3. The lowest BCUT2D eigenvalue weighted by atomic mass is 9.95. The smallest absolute Gasteiger partial charge is 0.160 e. The van der Waals surface area contributed by atoms with Gasteiger partial charge in [0.25, 0.3) is 0 Å². The summed E-state index contributed by atoms with van der Waals surface area (Å²) < 4.78 is 5.02. The van der Waals surface area contributed by atoms with E-state index >= 15 is 0 Å². The molecule has 0 aliphatic heterocycles. The number of ketones is 1. The fourth-order valence-electron chi connectivity index (χ4n) is 1.66. The average Bonchev–Trinajstić information content (AvgIpc) is 2.30. The molecule has 0 radical (unpaired) electrons. The normalized spacial score (nSPS) is 12.2. The molecule has 1 unspecified atom stereocenters. The Bertz CT molecular complexity index is 371. The highest BCUT2D eigenvalue weighted by Gasteiger charge is 2.12. The molecule has 0 saturated carbocycles. The van der Waals surface area contributed by atoms with Gasteiger partial charge >= 0.3 is 0 Å². The van der Waals surface area contributed by atoms with E-state index in [4.69, 9.17) is 4.74 Å². The van der Waals surface area contributed by atoms with Gasteiger partial charge in [-0.3, -0.25) is 4.79 Å². The van der Waals surface area contributed by atoms with E-state index in [1.54, 1.807) is 12.1 Å². The molecule has 88 valence electrons. The van der Waals surface area contributed by atoms with Crippen molar-refractivity contribution in [2.24, 2.45) is 5.92 Å². The highest BCUT2D eigenvalue weighted by atomic mass is 16.5. The second-order valence-corrected chi connectivity index (χ2v) is 3.93. The molecule has 1 aromatic carbocycles. The van der Waals surface area contributed by atoms with Crippen molar-refractivity contribution in [3.8, 4) is 11.5 Å². The van der Waals surface area contributed by atoms with Crippen LogP contribution in [-0.2, 0) is 11.2 Å². The van der Waals surface area contributed by atoms with Crippen molar-refractivity contribution in [3.05, 3.63) is 23.8 Å². The van der Waals surface area contributed by atoms with Crippen LogP contribution in [0, 0.1) is 5.92 Å². The van der Waals surface area contributed by atoms with Gasteiger partial charge in [0.15, 0.2) is 11.5 Å². The van der Waals surface area contributed by atoms with Crippen molar-refractivity contribution < 1.29 is 14.6 Å². The molecular weight excluding hydrogens is 204 g/mol. The van der Waals surface area contributed by atoms with Crippen molar-refractivity contribution in [2.75, 3.05) is 7.11 Å². The molecule has 1 rings (SSSR count). The van der Waals surface area contributed by atoms with E-state index in [2.05, 4.69) is 0 Å². The molecule has 0 bridgehead atoms. The highest BCUT2D eigenvalue weighted by molar-refractivity contribution is 5.80. The van der Waals surface area contributed by atoms with Gasteiger partial charge in [-0.15, -0.1) is 0 Å². The summed E-state index contributed by atoms with van der Waals surface area (Å²) in [7, 11) is 1.51. The van der Waals surface area contributed by atoms with Crippen LogP contribution in [0.2, 0.25) is 0 Å². The third-order valence-corrected chi connectivity index (χ3v) is 2.68. The zero-order chi connectivity index (χ0) is 12.1. The Balaban J connectivity index is 2.78. The van der Waals surface area contributed by atoms with E-state index in [9.17, 15) is 9.90 Å². The van der Waals surface area contributed by atoms with E-state index in [0.29, 0.717) is 18.6 Å². The summed E-state index contributed by atoms with van der Waals surface area (Å²) in [6.07, 6.45) is 1.25. The number of aromatic hydroxyl groups is 1. The Hall–Kier alpha value is -1.51. The van der Waals surface area contributed by atoms with Crippen LogP contribution < -0.4 is 4.74 Å². The first-order valence-electron chi connectivity index (χ1n) is 5.47. The number of phenolic OH excluding ortho intramolecular Hbond substituents is 1. The first-order chi connectivity index (χ1) is 7.58. The maximum absolute atomic E-state index is 11.5. The Labute approximate surface area is 96.1 Å². The van der Waals surface area contributed by atoms with Crippen LogP contribution in [0.25, 0.3) is 0 Å². The van der Waals surface area contributed by atoms with E-state index in [1.165, 1.54) is 7.11 Å². The molecule has 0 aliphatic carbocycles. The lowest BCUT2D eigenvalue weighted by Crippen LogP contribution is -2.12. The summed E-state index contributed by atoms with van der Waals surface area (Å²) in [5.74, 6) is 0.848. The topological polar surface area (TPSA) is 46.5 Å². The van der Waals surface area contributed by atoms with Gasteiger partial charge in [-0.25, -0.2) is 0 Å². The summed E-state index contributed by atoms with van der Waals surface area (Å²) >= 11 is 0. The van der Waals surface area contributed by atoms with Crippen molar-refractivity contribution in [1.82, 2.24) is 0 Å². The third-order valence-electron chi connectivity index (χ3n) is 2.68. The minimum atomic E-state index is 0.0132. The van der Waals surface area contributed by atoms with Gasteiger partial charge in [0.2, 0.25) is 0 Å². The largest absolute Gasteiger partial charge is 0.504 e. The number of Topliss-reactive ketones (excluding diaryl/α,β-unsaturated/α-hetero) is 1. The minimum absolute atomic E-state index is 0.0132. The number of benzene rings is 1. The number of rotatable bonds is 5. The monoisotopic (exact) mass is 222 g/mol. The molecule has 1 atom stereocenters. The van der Waals surface area contributed by atoms with Crippen LogP contribution >= 0.6 is 0 Å². The number of methoxy groups -OCH3 is 1. The van der Waals surface area contributed by atoms with Gasteiger partial charge < -0.3 is 9.84 Å². The SMILES string of the molecule is CCC(=O)C(C)Cc1ccc(O)c(OC)c1. The Kier molecular flexibility index (Phi) is 4.35. The summed E-state index contributed by atoms with van der Waals surface area (Å²) in [5.41, 5.74) is 1.00. The van der Waals surface area contributed by atoms with E-state index < -0.39 is 0 Å². The van der Waals surface area contributed by atoms with Gasteiger partial charge in [0.05, 0.1) is 7.11 Å². The quantitative estimate of drug-likeness (QED) is 0.832. The predicted molar refractivity (Wildman–Crippen MR) is 62.8 cm³/mol. The van der Waals surface area contributed by atoms with Crippen LogP contribution in [0.5, 0.6) is 11.5 Å². The molecule has 3 nitrogen and oxygen atoms in total. The molecule has 0 aliphatic rings. The molecule has 1 N–H and O–H groups in total. The number of phenols is 1. The van der Waals surface area contributed by atoms with Crippen molar-refractivity contribution in [2.45, 2.75) is 26.7 Å². The number of hydrogen-bond acceptors (Lipinski definition) is 3. The van der Waals surface area contributed by atoms with Gasteiger partial charge in [-0.2, -0.15) is 0 Å². The molecule has 0 fully saturated rings. The summed E-state index contributed by atoms with van der Waals surface area (Å²) in [6, 6.07) is 5.18. The summed E-state index contributed by atoms with van der Waals surface area (Å²) in [5, 5.41) is 9.43. The molecule has 1 aromatic rings. The van der Waals surface area contributed by atoms with Crippen LogP contribution in [0.15, 0.2) is 18.2 Å². The molecule has 0 amide bonds. The van der Waals surface area contributed by atoms with Gasteiger partial charge in [0, 0.05) is 12.3 Å².